The quantitative estimate of drug-likeness (QED) is 0.657. The molecule has 6 heteroatoms. The van der Waals surface area contributed by atoms with E-state index in [1.165, 1.54) is 11.3 Å². The lowest BCUT2D eigenvalue weighted by Gasteiger charge is -2.09. The van der Waals surface area contributed by atoms with E-state index >= 15 is 0 Å². The highest BCUT2D eigenvalue weighted by atomic mass is 32.1. The largest absolute Gasteiger partial charge is 0.339 e. The van der Waals surface area contributed by atoms with Gasteiger partial charge in [-0.3, -0.25) is 15.1 Å². The SMILES string of the molecule is C=C/C(=C\C=NC)Cn1cccc1C(=O)Nc1nc(C)cs1. The number of aryl methyl sites for hydroxylation is 1. The molecule has 2 aromatic heterocycles. The van der Waals surface area contributed by atoms with Crippen molar-refractivity contribution in [1.29, 1.82) is 0 Å². The molecule has 0 radical (unpaired) electrons. The van der Waals surface area contributed by atoms with Crippen LogP contribution in [0, 0.1) is 6.92 Å². The van der Waals surface area contributed by atoms with Gasteiger partial charge in [0.25, 0.3) is 5.91 Å². The molecule has 0 saturated heterocycles. The standard InChI is InChI=1S/C16H18N4OS/c1-4-13(7-8-17-3)10-20-9-5-6-14(20)15(21)19-16-18-12(2)11-22-16/h4-9,11H,1,10H2,2-3H3,(H,18,19,21)/b13-7+,17-8?. The molecule has 5 nitrogen and oxygen atoms in total. The van der Waals surface area contributed by atoms with Crippen molar-refractivity contribution in [1.82, 2.24) is 9.55 Å². The van der Waals surface area contributed by atoms with E-state index in [1.54, 1.807) is 25.4 Å². The number of hydrogen-bond donors (Lipinski definition) is 1. The molecule has 2 rings (SSSR count). The van der Waals surface area contributed by atoms with Crippen molar-refractivity contribution in [2.45, 2.75) is 13.5 Å². The van der Waals surface area contributed by atoms with Gasteiger partial charge in [0.2, 0.25) is 0 Å². The van der Waals surface area contributed by atoms with Crippen LogP contribution in [0.25, 0.3) is 0 Å². The van der Waals surface area contributed by atoms with Crippen molar-refractivity contribution >= 4 is 28.6 Å². The molecule has 2 heterocycles. The Labute approximate surface area is 133 Å². The van der Waals surface area contributed by atoms with Crippen molar-refractivity contribution in [2.75, 3.05) is 12.4 Å². The van der Waals surface area contributed by atoms with Gasteiger partial charge in [-0.1, -0.05) is 12.7 Å². The summed E-state index contributed by atoms with van der Waals surface area (Å²) in [5.74, 6) is -0.174. The van der Waals surface area contributed by atoms with E-state index < -0.39 is 0 Å². The lowest BCUT2D eigenvalue weighted by atomic mass is 10.2. The molecule has 0 aliphatic carbocycles. The molecule has 0 atom stereocenters. The van der Waals surface area contributed by atoms with Crippen LogP contribution < -0.4 is 5.32 Å². The van der Waals surface area contributed by atoms with Gasteiger partial charge in [-0.05, 0) is 30.7 Å². The van der Waals surface area contributed by atoms with Crippen LogP contribution in [0.2, 0.25) is 0 Å². The Morgan fingerprint density at radius 1 is 1.59 bits per heavy atom. The van der Waals surface area contributed by atoms with E-state index in [9.17, 15) is 4.79 Å². The summed E-state index contributed by atoms with van der Waals surface area (Å²) in [5, 5.41) is 5.32. The van der Waals surface area contributed by atoms with Crippen LogP contribution in [0.15, 0.2) is 53.0 Å². The second kappa shape index (κ2) is 7.51. The van der Waals surface area contributed by atoms with Crippen molar-refractivity contribution in [3.8, 4) is 0 Å². The summed E-state index contributed by atoms with van der Waals surface area (Å²) in [5.41, 5.74) is 2.45. The number of nitrogens with zero attached hydrogens (tertiary/aromatic N) is 3. The minimum Gasteiger partial charge on any atom is -0.339 e. The maximum atomic E-state index is 12.4. The average Bonchev–Trinajstić information content (AvgIpc) is 3.12. The number of aliphatic imine (C=N–C) groups is 1. The molecule has 0 aromatic carbocycles. The zero-order valence-corrected chi connectivity index (χ0v) is 13.4. The summed E-state index contributed by atoms with van der Waals surface area (Å²) in [6.45, 7) is 6.24. The zero-order valence-electron chi connectivity index (χ0n) is 12.6. The number of thiazole rings is 1. The Morgan fingerprint density at radius 2 is 2.41 bits per heavy atom. The summed E-state index contributed by atoms with van der Waals surface area (Å²) in [6.07, 6.45) is 7.20. The molecule has 0 unspecified atom stereocenters. The Kier molecular flexibility index (Phi) is 5.43. The maximum Gasteiger partial charge on any atom is 0.274 e. The normalized spacial score (nSPS) is 11.8. The second-order valence-electron chi connectivity index (χ2n) is 4.62. The Bertz CT molecular complexity index is 724. The van der Waals surface area contributed by atoms with Crippen LogP contribution >= 0.6 is 11.3 Å². The van der Waals surface area contributed by atoms with Crippen molar-refractivity contribution in [3.05, 3.63) is 59.4 Å². The predicted molar refractivity (Wildman–Crippen MR) is 91.9 cm³/mol. The van der Waals surface area contributed by atoms with E-state index in [4.69, 9.17) is 0 Å². The fourth-order valence-electron chi connectivity index (χ4n) is 1.88. The predicted octanol–water partition coefficient (Wildman–Crippen LogP) is 3.32. The zero-order chi connectivity index (χ0) is 15.9. The first kappa shape index (κ1) is 15.9. The summed E-state index contributed by atoms with van der Waals surface area (Å²) >= 11 is 1.41. The Hall–Kier alpha value is -2.47. The monoisotopic (exact) mass is 314 g/mol. The molecule has 1 N–H and O–H groups in total. The second-order valence-corrected chi connectivity index (χ2v) is 5.48. The van der Waals surface area contributed by atoms with Gasteiger partial charge in [0.1, 0.15) is 5.69 Å². The molecule has 2 aromatic rings. The highest BCUT2D eigenvalue weighted by Crippen LogP contribution is 2.16. The first-order valence-electron chi connectivity index (χ1n) is 6.76. The number of nitrogens with one attached hydrogen (secondary N) is 1. The third-order valence-electron chi connectivity index (χ3n) is 2.95. The van der Waals surface area contributed by atoms with E-state index in [2.05, 4.69) is 21.9 Å². The molecule has 22 heavy (non-hydrogen) atoms. The molecule has 0 spiro atoms. The van der Waals surface area contributed by atoms with Gasteiger partial charge in [0.05, 0.1) is 5.69 Å². The van der Waals surface area contributed by atoms with Crippen LogP contribution in [0.3, 0.4) is 0 Å². The molecule has 0 saturated carbocycles. The average molecular weight is 314 g/mol. The van der Waals surface area contributed by atoms with Crippen LogP contribution in [0.4, 0.5) is 5.13 Å². The number of rotatable bonds is 6. The number of allylic oxidation sites excluding steroid dienone is 3. The van der Waals surface area contributed by atoms with E-state index in [0.29, 0.717) is 17.4 Å². The van der Waals surface area contributed by atoms with Crippen LogP contribution in [0.5, 0.6) is 0 Å². The third-order valence-corrected chi connectivity index (χ3v) is 3.83. The van der Waals surface area contributed by atoms with Crippen molar-refractivity contribution < 1.29 is 4.79 Å². The molecule has 114 valence electrons. The van der Waals surface area contributed by atoms with E-state index in [-0.39, 0.29) is 5.91 Å². The van der Waals surface area contributed by atoms with Gasteiger partial charge in [-0.25, -0.2) is 4.98 Å². The molecule has 0 aliphatic heterocycles. The van der Waals surface area contributed by atoms with Crippen molar-refractivity contribution in [2.24, 2.45) is 4.99 Å². The topological polar surface area (TPSA) is 59.3 Å². The number of carbonyl (C=O) groups is 1. The Balaban J connectivity index is 2.14. The number of amides is 1. The molecule has 0 bridgehead atoms. The lowest BCUT2D eigenvalue weighted by molar-refractivity contribution is 0.101. The number of hydrogen-bond acceptors (Lipinski definition) is 4. The molecular weight excluding hydrogens is 296 g/mol. The molecule has 0 fully saturated rings. The minimum atomic E-state index is -0.174. The third kappa shape index (κ3) is 4.02. The Morgan fingerprint density at radius 3 is 3.05 bits per heavy atom. The van der Waals surface area contributed by atoms with Gasteiger partial charge >= 0.3 is 0 Å². The number of aromatic nitrogens is 2. The fourth-order valence-corrected chi connectivity index (χ4v) is 2.57. The summed E-state index contributed by atoms with van der Waals surface area (Å²) in [4.78, 5) is 20.5. The van der Waals surface area contributed by atoms with Crippen molar-refractivity contribution in [3.63, 3.8) is 0 Å². The van der Waals surface area contributed by atoms with Crippen LogP contribution in [-0.2, 0) is 6.54 Å². The van der Waals surface area contributed by atoms with Crippen LogP contribution in [0.1, 0.15) is 16.2 Å². The lowest BCUT2D eigenvalue weighted by Crippen LogP contribution is -2.17. The highest BCUT2D eigenvalue weighted by Gasteiger charge is 2.12. The molecular formula is C16H18N4OS. The molecule has 0 aliphatic rings. The number of carbonyl (C=O) groups excluding carboxylic acids is 1. The molecule has 1 amide bonds. The first-order valence-corrected chi connectivity index (χ1v) is 7.64. The fraction of sp³-hybridized carbons (Fsp3) is 0.188. The smallest absolute Gasteiger partial charge is 0.274 e. The summed E-state index contributed by atoms with van der Waals surface area (Å²) in [6, 6.07) is 3.63. The summed E-state index contributed by atoms with van der Waals surface area (Å²) in [7, 11) is 1.71. The van der Waals surface area contributed by atoms with Gasteiger partial charge in [-0.15, -0.1) is 11.3 Å². The van der Waals surface area contributed by atoms with Crippen LogP contribution in [-0.4, -0.2) is 28.7 Å². The van der Waals surface area contributed by atoms with E-state index in [0.717, 1.165) is 11.3 Å². The number of anilines is 1. The van der Waals surface area contributed by atoms with Gasteiger partial charge in [-0.2, -0.15) is 0 Å². The maximum absolute atomic E-state index is 12.4. The minimum absolute atomic E-state index is 0.174. The van der Waals surface area contributed by atoms with Gasteiger partial charge in [0.15, 0.2) is 5.13 Å². The first-order chi connectivity index (χ1) is 10.6. The van der Waals surface area contributed by atoms with Gasteiger partial charge < -0.3 is 4.57 Å². The van der Waals surface area contributed by atoms with Gasteiger partial charge in [0, 0.05) is 31.4 Å². The summed E-state index contributed by atoms with van der Waals surface area (Å²) < 4.78 is 1.87. The van der Waals surface area contributed by atoms with E-state index in [1.807, 2.05) is 35.2 Å². The highest BCUT2D eigenvalue weighted by molar-refractivity contribution is 7.13.